The number of carbonyl (C=O) groups excluding carboxylic acids is 1. The Morgan fingerprint density at radius 1 is 1.04 bits per heavy atom. The molecule has 0 saturated carbocycles. The van der Waals surface area contributed by atoms with Gasteiger partial charge in [0.2, 0.25) is 0 Å². The topological polar surface area (TPSA) is 35.5 Å². The molecule has 1 unspecified atom stereocenters. The molecule has 4 heteroatoms. The molecule has 2 rings (SSSR count). The van der Waals surface area contributed by atoms with Gasteiger partial charge in [-0.3, -0.25) is 0 Å². The summed E-state index contributed by atoms with van der Waals surface area (Å²) in [5.41, 5.74) is 0.337. The van der Waals surface area contributed by atoms with Crippen molar-refractivity contribution in [3.8, 4) is 5.75 Å². The molecule has 0 spiro atoms. The summed E-state index contributed by atoms with van der Waals surface area (Å²) in [4.78, 5) is 12.4. The maximum absolute atomic E-state index is 12.4. The number of carbonyl (C=O) groups is 1. The first-order valence-corrected chi connectivity index (χ1v) is 18.9. The number of fused-ring (bicyclic) bond motifs is 1. The van der Waals surface area contributed by atoms with E-state index in [1.807, 2.05) is 13.8 Å². The van der Waals surface area contributed by atoms with Crippen LogP contribution in [0.1, 0.15) is 78.7 Å². The molecule has 0 bridgehead atoms. The number of rotatable bonds is 12. The Morgan fingerprint density at radius 2 is 1.61 bits per heavy atom. The van der Waals surface area contributed by atoms with Crippen LogP contribution in [0.15, 0.2) is 18.2 Å². The first kappa shape index (κ1) is 23.6. The van der Waals surface area contributed by atoms with Gasteiger partial charge in [-0.15, -0.1) is 0 Å². The molecule has 1 atom stereocenters. The average Bonchev–Trinajstić information content (AvgIpc) is 3.04. The quantitative estimate of drug-likeness (QED) is 0.264. The summed E-state index contributed by atoms with van der Waals surface area (Å²) in [6.07, 6.45) is 8.56. The Balaban J connectivity index is 2.34. The van der Waals surface area contributed by atoms with E-state index < -0.39 is 24.0 Å². The zero-order valence-corrected chi connectivity index (χ0v) is 21.6. The van der Waals surface area contributed by atoms with E-state index in [-0.39, 0.29) is 5.97 Å². The van der Waals surface area contributed by atoms with Gasteiger partial charge in [0.15, 0.2) is 0 Å². The molecule has 0 saturated heterocycles. The van der Waals surface area contributed by atoms with Gasteiger partial charge in [0.25, 0.3) is 0 Å². The predicted octanol–water partition coefficient (Wildman–Crippen LogP) is 6.00. The normalized spacial score (nSPS) is 18.6. The summed E-state index contributed by atoms with van der Waals surface area (Å²) in [5.74, 6) is 0.631. The van der Waals surface area contributed by atoms with Crippen LogP contribution < -0.4 is 8.32 Å². The van der Waals surface area contributed by atoms with E-state index in [4.69, 9.17) is 9.47 Å². The molecule has 0 aliphatic carbocycles. The summed E-state index contributed by atoms with van der Waals surface area (Å²) >= 11 is -2.45. The molecule has 0 amide bonds. The first-order chi connectivity index (χ1) is 13.4. The Morgan fingerprint density at radius 3 is 2.11 bits per heavy atom. The minimum atomic E-state index is -2.45. The van der Waals surface area contributed by atoms with Crippen LogP contribution in [0.25, 0.3) is 0 Å². The van der Waals surface area contributed by atoms with E-state index in [9.17, 15) is 4.79 Å². The van der Waals surface area contributed by atoms with Crippen molar-refractivity contribution in [3.63, 3.8) is 0 Å². The monoisotopic (exact) mass is 496 g/mol. The van der Waals surface area contributed by atoms with Crippen molar-refractivity contribution in [1.82, 2.24) is 0 Å². The summed E-state index contributed by atoms with van der Waals surface area (Å²) in [6, 6.07) is 6.92. The molecule has 1 aliphatic rings. The van der Waals surface area contributed by atoms with Gasteiger partial charge >= 0.3 is 177 Å². The number of unbranched alkanes of at least 4 members (excludes halogenated alkanes) is 3. The molecule has 0 radical (unpaired) electrons. The molecule has 3 nitrogen and oxygen atoms in total. The van der Waals surface area contributed by atoms with E-state index >= 15 is 0 Å². The molecular formula is C24H40O3Sn. The van der Waals surface area contributed by atoms with Crippen molar-refractivity contribution in [2.45, 2.75) is 98.5 Å². The van der Waals surface area contributed by atoms with Crippen molar-refractivity contribution >= 4 is 27.9 Å². The van der Waals surface area contributed by atoms with Gasteiger partial charge in [-0.05, 0) is 0 Å². The second-order valence-corrected chi connectivity index (χ2v) is 21.9. The van der Waals surface area contributed by atoms with E-state index in [2.05, 4.69) is 39.0 Å². The third-order valence-corrected chi connectivity index (χ3v) is 21.9. The zero-order valence-electron chi connectivity index (χ0n) is 18.7. The average molecular weight is 495 g/mol. The Kier molecular flexibility index (Phi) is 9.17. The van der Waals surface area contributed by atoms with Crippen LogP contribution in [0.4, 0.5) is 0 Å². The Hall–Kier alpha value is -0.711. The predicted molar refractivity (Wildman–Crippen MR) is 120 cm³/mol. The van der Waals surface area contributed by atoms with Crippen molar-refractivity contribution in [1.29, 1.82) is 0 Å². The van der Waals surface area contributed by atoms with Gasteiger partial charge in [0.05, 0.1) is 0 Å². The van der Waals surface area contributed by atoms with Crippen LogP contribution in [0.3, 0.4) is 0 Å². The van der Waals surface area contributed by atoms with Crippen LogP contribution in [0.2, 0.25) is 13.3 Å². The Bertz CT molecular complexity index is 621. The van der Waals surface area contributed by atoms with E-state index in [0.717, 1.165) is 5.75 Å². The van der Waals surface area contributed by atoms with Crippen LogP contribution in [-0.2, 0) is 16.0 Å². The van der Waals surface area contributed by atoms with Gasteiger partial charge < -0.3 is 0 Å². The third-order valence-electron chi connectivity index (χ3n) is 6.27. The maximum atomic E-state index is 12.4. The fourth-order valence-electron chi connectivity index (χ4n) is 4.54. The van der Waals surface area contributed by atoms with Crippen molar-refractivity contribution in [3.05, 3.63) is 23.8 Å². The number of benzene rings is 1. The second-order valence-electron chi connectivity index (χ2n) is 8.64. The zero-order chi connectivity index (χ0) is 20.6. The molecule has 0 N–H and O–H groups in total. The fourth-order valence-corrected chi connectivity index (χ4v) is 20.6. The summed E-state index contributed by atoms with van der Waals surface area (Å²) in [5, 5.41) is 0. The van der Waals surface area contributed by atoms with Crippen LogP contribution in [-0.4, -0.2) is 36.6 Å². The Labute approximate surface area is 176 Å². The first-order valence-electron chi connectivity index (χ1n) is 11.4. The fraction of sp³-hybridized carbons (Fsp3) is 0.708. The minimum absolute atomic E-state index is 0.245. The SMILES string of the molecule is CCC[CH2][Sn]([CH2]CCC)([CH2]CCC)[c]1ccc2c(c1)CC(C)(C(=O)OCC)O2. The molecule has 1 heterocycles. The van der Waals surface area contributed by atoms with Crippen molar-refractivity contribution in [2.24, 2.45) is 0 Å². The van der Waals surface area contributed by atoms with E-state index in [1.54, 1.807) is 3.58 Å². The molecule has 28 heavy (non-hydrogen) atoms. The van der Waals surface area contributed by atoms with Crippen molar-refractivity contribution in [2.75, 3.05) is 6.61 Å². The summed E-state index contributed by atoms with van der Waals surface area (Å²) in [6.45, 7) is 11.1. The molecule has 0 aromatic heterocycles. The van der Waals surface area contributed by atoms with E-state index in [0.29, 0.717) is 13.0 Å². The van der Waals surface area contributed by atoms with Crippen LogP contribution >= 0.6 is 0 Å². The van der Waals surface area contributed by atoms with E-state index in [1.165, 1.54) is 57.4 Å². The van der Waals surface area contributed by atoms with Gasteiger partial charge in [-0.2, -0.15) is 0 Å². The number of hydrogen-bond donors (Lipinski definition) is 0. The van der Waals surface area contributed by atoms with Gasteiger partial charge in [-0.25, -0.2) is 0 Å². The number of esters is 1. The van der Waals surface area contributed by atoms with Gasteiger partial charge in [0, 0.05) is 0 Å². The third kappa shape index (κ3) is 5.46. The van der Waals surface area contributed by atoms with Crippen LogP contribution in [0.5, 0.6) is 5.75 Å². The van der Waals surface area contributed by atoms with Crippen LogP contribution in [0, 0.1) is 0 Å². The molecule has 1 aromatic carbocycles. The summed E-state index contributed by atoms with van der Waals surface area (Å²) < 4.78 is 17.4. The van der Waals surface area contributed by atoms with Crippen molar-refractivity contribution < 1.29 is 14.3 Å². The van der Waals surface area contributed by atoms with Gasteiger partial charge in [-0.1, -0.05) is 0 Å². The van der Waals surface area contributed by atoms with Gasteiger partial charge in [0.1, 0.15) is 0 Å². The second kappa shape index (κ2) is 10.9. The number of hydrogen-bond acceptors (Lipinski definition) is 3. The number of ether oxygens (including phenoxy) is 2. The molecule has 1 aromatic rings. The molecular weight excluding hydrogens is 455 g/mol. The molecule has 1 aliphatic heterocycles. The molecule has 0 fully saturated rings. The molecule has 158 valence electrons. The standard InChI is InChI=1S/C12H13O3.3C4H9.Sn/c1-3-14-11(13)12(2)8-9-6-4-5-7-10(9)15-12;3*1-3-4-2;/h5-7H,3,8H2,1-2H3;3*1,3-4H2,2H3;. The summed E-state index contributed by atoms with van der Waals surface area (Å²) in [7, 11) is 0.